The smallest absolute Gasteiger partial charge is 0.0843 e. The Kier molecular flexibility index (Phi) is 3.93. The van der Waals surface area contributed by atoms with E-state index >= 15 is 0 Å². The summed E-state index contributed by atoms with van der Waals surface area (Å²) in [6, 6.07) is 9.82. The molecule has 2 heteroatoms. The number of hydrogen-bond donors (Lipinski definition) is 2. The highest BCUT2D eigenvalue weighted by atomic mass is 16.3. The average molecular weight is 180 g/mol. The lowest BCUT2D eigenvalue weighted by molar-refractivity contribution is -0.858. The molecule has 2 nitrogen and oxygen atoms in total. The summed E-state index contributed by atoms with van der Waals surface area (Å²) in [6.45, 7) is 0.996. The molecule has 0 heterocycles. The van der Waals surface area contributed by atoms with Gasteiger partial charge in [0, 0.05) is 6.42 Å². The van der Waals surface area contributed by atoms with Crippen molar-refractivity contribution in [1.82, 2.24) is 0 Å². The molecule has 72 valence electrons. The van der Waals surface area contributed by atoms with Gasteiger partial charge in [-0.05, 0) is 5.56 Å². The van der Waals surface area contributed by atoms with Crippen molar-refractivity contribution in [2.45, 2.75) is 12.5 Å². The first-order chi connectivity index (χ1) is 6.20. The van der Waals surface area contributed by atoms with Gasteiger partial charge < -0.3 is 10.0 Å². The summed E-state index contributed by atoms with van der Waals surface area (Å²) in [7, 11) is 4.19. The van der Waals surface area contributed by atoms with Crippen LogP contribution in [0.15, 0.2) is 30.3 Å². The second kappa shape index (κ2) is 5.00. The van der Waals surface area contributed by atoms with E-state index in [4.69, 9.17) is 0 Å². The second-order valence-electron chi connectivity index (χ2n) is 3.67. The Balaban J connectivity index is 2.44. The third kappa shape index (κ3) is 3.57. The van der Waals surface area contributed by atoms with E-state index in [1.807, 2.05) is 30.3 Å². The largest absolute Gasteiger partial charge is 0.388 e. The van der Waals surface area contributed by atoms with Gasteiger partial charge in [0.25, 0.3) is 0 Å². The number of quaternary nitrogens is 1. The number of benzene rings is 1. The number of rotatable bonds is 4. The van der Waals surface area contributed by atoms with Gasteiger partial charge in [-0.15, -0.1) is 0 Å². The maximum Gasteiger partial charge on any atom is 0.0843 e. The van der Waals surface area contributed by atoms with E-state index in [1.54, 1.807) is 0 Å². The summed E-state index contributed by atoms with van der Waals surface area (Å²) in [6.07, 6.45) is 0.517. The van der Waals surface area contributed by atoms with Gasteiger partial charge in [-0.3, -0.25) is 0 Å². The van der Waals surface area contributed by atoms with E-state index < -0.39 is 0 Å². The zero-order chi connectivity index (χ0) is 9.68. The molecule has 0 saturated heterocycles. The Hall–Kier alpha value is -0.860. The normalized spacial score (nSPS) is 13.2. The maximum absolute atomic E-state index is 9.76. The second-order valence-corrected chi connectivity index (χ2v) is 3.67. The molecule has 0 spiro atoms. The molecule has 0 unspecified atom stereocenters. The highest BCUT2D eigenvalue weighted by Crippen LogP contribution is 2.14. The van der Waals surface area contributed by atoms with E-state index in [9.17, 15) is 5.11 Å². The van der Waals surface area contributed by atoms with E-state index in [2.05, 4.69) is 14.1 Å². The van der Waals surface area contributed by atoms with Crippen LogP contribution in [0.3, 0.4) is 0 Å². The van der Waals surface area contributed by atoms with Gasteiger partial charge in [0.05, 0.1) is 26.7 Å². The Labute approximate surface area is 79.8 Å². The van der Waals surface area contributed by atoms with Crippen molar-refractivity contribution in [3.8, 4) is 0 Å². The number of hydrogen-bond acceptors (Lipinski definition) is 1. The minimum atomic E-state index is -0.309. The molecule has 0 saturated carbocycles. The van der Waals surface area contributed by atoms with Crippen LogP contribution >= 0.6 is 0 Å². The third-order valence-corrected chi connectivity index (χ3v) is 2.10. The SMILES string of the molecule is C[NH+](C)CC[C@H](O)c1ccccc1. The van der Waals surface area contributed by atoms with Crippen molar-refractivity contribution in [3.05, 3.63) is 35.9 Å². The van der Waals surface area contributed by atoms with Crippen LogP contribution in [0.1, 0.15) is 18.1 Å². The van der Waals surface area contributed by atoms with Gasteiger partial charge in [-0.2, -0.15) is 0 Å². The zero-order valence-corrected chi connectivity index (χ0v) is 8.33. The Morgan fingerprint density at radius 3 is 2.38 bits per heavy atom. The van der Waals surface area contributed by atoms with E-state index in [1.165, 1.54) is 4.90 Å². The Morgan fingerprint density at radius 1 is 1.23 bits per heavy atom. The summed E-state index contributed by atoms with van der Waals surface area (Å²) >= 11 is 0. The first-order valence-electron chi connectivity index (χ1n) is 4.72. The molecule has 1 atom stereocenters. The van der Waals surface area contributed by atoms with Crippen LogP contribution in [-0.2, 0) is 0 Å². The van der Waals surface area contributed by atoms with E-state index in [0.717, 1.165) is 18.5 Å². The standard InChI is InChI=1S/C11H17NO/c1-12(2)9-8-11(13)10-6-4-3-5-7-10/h3-7,11,13H,8-9H2,1-2H3/p+1/t11-/m0/s1. The van der Waals surface area contributed by atoms with Gasteiger partial charge in [0.15, 0.2) is 0 Å². The molecule has 1 aromatic rings. The van der Waals surface area contributed by atoms with Crippen LogP contribution in [0.25, 0.3) is 0 Å². The van der Waals surface area contributed by atoms with Crippen LogP contribution in [0.4, 0.5) is 0 Å². The molecule has 0 aliphatic carbocycles. The monoisotopic (exact) mass is 180 g/mol. The molecule has 0 fully saturated rings. The number of aliphatic hydroxyl groups is 1. The van der Waals surface area contributed by atoms with E-state index in [-0.39, 0.29) is 6.10 Å². The van der Waals surface area contributed by atoms with Gasteiger partial charge in [0.2, 0.25) is 0 Å². The van der Waals surface area contributed by atoms with Crippen molar-refractivity contribution in [2.75, 3.05) is 20.6 Å². The topological polar surface area (TPSA) is 24.7 Å². The van der Waals surface area contributed by atoms with Gasteiger partial charge in [-0.1, -0.05) is 30.3 Å². The van der Waals surface area contributed by atoms with Crippen molar-refractivity contribution in [2.24, 2.45) is 0 Å². The van der Waals surface area contributed by atoms with Crippen molar-refractivity contribution >= 4 is 0 Å². The highest BCUT2D eigenvalue weighted by molar-refractivity contribution is 5.16. The molecule has 0 aliphatic rings. The highest BCUT2D eigenvalue weighted by Gasteiger charge is 2.07. The fourth-order valence-electron chi connectivity index (χ4n) is 1.27. The van der Waals surface area contributed by atoms with Crippen LogP contribution in [0.5, 0.6) is 0 Å². The Morgan fingerprint density at radius 2 is 1.85 bits per heavy atom. The van der Waals surface area contributed by atoms with Crippen molar-refractivity contribution in [1.29, 1.82) is 0 Å². The lowest BCUT2D eigenvalue weighted by Gasteiger charge is -2.12. The summed E-state index contributed by atoms with van der Waals surface area (Å²) in [5, 5.41) is 9.76. The number of aliphatic hydroxyl groups excluding tert-OH is 1. The van der Waals surface area contributed by atoms with Crippen LogP contribution < -0.4 is 4.90 Å². The number of nitrogens with one attached hydrogen (secondary N) is 1. The minimum absolute atomic E-state index is 0.309. The van der Waals surface area contributed by atoms with Gasteiger partial charge >= 0.3 is 0 Å². The molecule has 1 rings (SSSR count). The summed E-state index contributed by atoms with van der Waals surface area (Å²) in [4.78, 5) is 1.37. The average Bonchev–Trinajstić information content (AvgIpc) is 2.15. The molecule has 0 bridgehead atoms. The lowest BCUT2D eigenvalue weighted by atomic mass is 10.1. The molecule has 0 aromatic heterocycles. The molecule has 13 heavy (non-hydrogen) atoms. The van der Waals surface area contributed by atoms with Gasteiger partial charge in [-0.25, -0.2) is 0 Å². The third-order valence-electron chi connectivity index (χ3n) is 2.10. The fraction of sp³-hybridized carbons (Fsp3) is 0.455. The van der Waals surface area contributed by atoms with Crippen LogP contribution in [0.2, 0.25) is 0 Å². The van der Waals surface area contributed by atoms with Gasteiger partial charge in [0.1, 0.15) is 0 Å². The van der Waals surface area contributed by atoms with Crippen LogP contribution in [0, 0.1) is 0 Å². The predicted molar refractivity (Wildman–Crippen MR) is 53.7 cm³/mol. The molecule has 0 radical (unpaired) electrons. The minimum Gasteiger partial charge on any atom is -0.388 e. The lowest BCUT2D eigenvalue weighted by Crippen LogP contribution is -3.05. The molecular formula is C11H18NO+. The first kappa shape index (κ1) is 10.2. The summed E-state index contributed by atoms with van der Waals surface area (Å²) in [5.74, 6) is 0. The summed E-state index contributed by atoms with van der Waals surface area (Å²) < 4.78 is 0. The van der Waals surface area contributed by atoms with Crippen molar-refractivity contribution in [3.63, 3.8) is 0 Å². The predicted octanol–water partition coefficient (Wildman–Crippen LogP) is 0.255. The summed E-state index contributed by atoms with van der Waals surface area (Å²) in [5.41, 5.74) is 1.02. The quantitative estimate of drug-likeness (QED) is 0.682. The van der Waals surface area contributed by atoms with Crippen LogP contribution in [-0.4, -0.2) is 25.7 Å². The molecule has 1 aromatic carbocycles. The zero-order valence-electron chi connectivity index (χ0n) is 8.33. The first-order valence-corrected chi connectivity index (χ1v) is 4.72. The molecular weight excluding hydrogens is 162 g/mol. The Bertz CT molecular complexity index is 233. The fourth-order valence-corrected chi connectivity index (χ4v) is 1.27. The molecule has 0 aliphatic heterocycles. The molecule has 0 amide bonds. The van der Waals surface area contributed by atoms with E-state index in [0.29, 0.717) is 0 Å². The maximum atomic E-state index is 9.76. The molecule has 2 N–H and O–H groups in total. The van der Waals surface area contributed by atoms with Crippen molar-refractivity contribution < 1.29 is 10.0 Å².